The highest BCUT2D eigenvalue weighted by atomic mass is 19.4. The van der Waals surface area contributed by atoms with Gasteiger partial charge in [-0.25, -0.2) is 0 Å². The van der Waals surface area contributed by atoms with Gasteiger partial charge < -0.3 is 11.1 Å². The fourth-order valence-corrected chi connectivity index (χ4v) is 1.45. The van der Waals surface area contributed by atoms with Gasteiger partial charge in [0.1, 0.15) is 0 Å². The summed E-state index contributed by atoms with van der Waals surface area (Å²) in [5, 5.41) is 2.80. The van der Waals surface area contributed by atoms with Crippen LogP contribution in [0.4, 0.5) is 24.5 Å². The fourth-order valence-electron chi connectivity index (χ4n) is 1.45. The van der Waals surface area contributed by atoms with Crippen LogP contribution in [0.1, 0.15) is 25.8 Å². The van der Waals surface area contributed by atoms with Crippen LogP contribution in [0.15, 0.2) is 18.2 Å². The minimum absolute atomic E-state index is 0.0901. The summed E-state index contributed by atoms with van der Waals surface area (Å²) in [6, 6.07) is 3.79. The predicted octanol–water partition coefficient (Wildman–Crippen LogP) is 3.75. The lowest BCUT2D eigenvalue weighted by Gasteiger charge is -2.15. The van der Waals surface area contributed by atoms with Crippen molar-refractivity contribution >= 4 is 11.4 Å². The van der Waals surface area contributed by atoms with E-state index in [4.69, 9.17) is 5.73 Å². The van der Waals surface area contributed by atoms with Gasteiger partial charge in [-0.05, 0) is 30.5 Å². The van der Waals surface area contributed by atoms with Crippen molar-refractivity contribution in [1.82, 2.24) is 0 Å². The first-order valence-electron chi connectivity index (χ1n) is 5.51. The largest absolute Gasteiger partial charge is 0.418 e. The van der Waals surface area contributed by atoms with Crippen molar-refractivity contribution in [3.05, 3.63) is 23.8 Å². The van der Waals surface area contributed by atoms with Crippen LogP contribution in [-0.4, -0.2) is 6.54 Å². The van der Waals surface area contributed by atoms with Gasteiger partial charge in [0.25, 0.3) is 0 Å². The zero-order valence-corrected chi connectivity index (χ0v) is 9.93. The molecule has 0 amide bonds. The molecule has 0 saturated carbocycles. The summed E-state index contributed by atoms with van der Waals surface area (Å²) >= 11 is 0. The van der Waals surface area contributed by atoms with Crippen LogP contribution >= 0.6 is 0 Å². The van der Waals surface area contributed by atoms with E-state index in [2.05, 4.69) is 5.32 Å². The van der Waals surface area contributed by atoms with Gasteiger partial charge in [0.05, 0.1) is 5.56 Å². The van der Waals surface area contributed by atoms with Gasteiger partial charge in [0, 0.05) is 17.9 Å². The SMILES string of the molecule is CC(C)CCNc1ccc(N)cc1C(F)(F)F. The van der Waals surface area contributed by atoms with Crippen LogP contribution in [0, 0.1) is 5.92 Å². The van der Waals surface area contributed by atoms with Crippen LogP contribution in [0.5, 0.6) is 0 Å². The minimum Gasteiger partial charge on any atom is -0.399 e. The number of alkyl halides is 3. The highest BCUT2D eigenvalue weighted by molar-refractivity contribution is 5.59. The number of nitrogens with one attached hydrogen (secondary N) is 1. The Morgan fingerprint density at radius 2 is 1.94 bits per heavy atom. The number of nitrogen functional groups attached to an aromatic ring is 1. The Morgan fingerprint density at radius 1 is 1.29 bits per heavy atom. The maximum atomic E-state index is 12.7. The third-order valence-electron chi connectivity index (χ3n) is 2.39. The number of anilines is 2. The van der Waals surface area contributed by atoms with Crippen molar-refractivity contribution in [2.75, 3.05) is 17.6 Å². The average molecular weight is 246 g/mol. The van der Waals surface area contributed by atoms with Crippen molar-refractivity contribution < 1.29 is 13.2 Å². The first-order chi connectivity index (χ1) is 7.80. The molecule has 17 heavy (non-hydrogen) atoms. The standard InChI is InChI=1S/C12H17F3N2/c1-8(2)5-6-17-11-4-3-9(16)7-10(11)12(13,14)15/h3-4,7-8,17H,5-6,16H2,1-2H3. The molecule has 0 saturated heterocycles. The number of hydrogen-bond acceptors (Lipinski definition) is 2. The molecule has 0 radical (unpaired) electrons. The molecule has 0 aromatic heterocycles. The van der Waals surface area contributed by atoms with Crippen LogP contribution in [-0.2, 0) is 6.18 Å². The molecule has 0 aliphatic rings. The molecule has 5 heteroatoms. The van der Waals surface area contributed by atoms with E-state index in [1.54, 1.807) is 0 Å². The molecule has 0 aliphatic heterocycles. The van der Waals surface area contributed by atoms with E-state index in [0.717, 1.165) is 12.5 Å². The van der Waals surface area contributed by atoms with Crippen LogP contribution in [0.25, 0.3) is 0 Å². The van der Waals surface area contributed by atoms with E-state index in [1.165, 1.54) is 12.1 Å². The van der Waals surface area contributed by atoms with Crippen molar-refractivity contribution in [2.45, 2.75) is 26.4 Å². The Kier molecular flexibility index (Phi) is 4.26. The molecule has 2 nitrogen and oxygen atoms in total. The summed E-state index contributed by atoms with van der Waals surface area (Å²) in [6.07, 6.45) is -3.56. The van der Waals surface area contributed by atoms with Crippen molar-refractivity contribution in [1.29, 1.82) is 0 Å². The van der Waals surface area contributed by atoms with E-state index in [0.29, 0.717) is 12.5 Å². The Morgan fingerprint density at radius 3 is 2.47 bits per heavy atom. The Balaban J connectivity index is 2.84. The molecule has 1 rings (SSSR count). The molecule has 0 spiro atoms. The molecule has 0 heterocycles. The predicted molar refractivity (Wildman–Crippen MR) is 63.8 cm³/mol. The Hall–Kier alpha value is -1.39. The van der Waals surface area contributed by atoms with E-state index in [9.17, 15) is 13.2 Å². The van der Waals surface area contributed by atoms with Gasteiger partial charge in [-0.15, -0.1) is 0 Å². The quantitative estimate of drug-likeness (QED) is 0.794. The minimum atomic E-state index is -4.38. The van der Waals surface area contributed by atoms with Crippen molar-refractivity contribution in [3.8, 4) is 0 Å². The maximum absolute atomic E-state index is 12.7. The van der Waals surface area contributed by atoms with Gasteiger partial charge in [-0.1, -0.05) is 13.8 Å². The molecule has 0 aliphatic carbocycles. The zero-order chi connectivity index (χ0) is 13.1. The summed E-state index contributed by atoms with van der Waals surface area (Å²) in [4.78, 5) is 0. The molecule has 96 valence electrons. The first-order valence-corrected chi connectivity index (χ1v) is 5.51. The molecule has 1 aromatic rings. The number of halogens is 3. The van der Waals surface area contributed by atoms with Gasteiger partial charge in [0.15, 0.2) is 0 Å². The third kappa shape index (κ3) is 4.17. The Bertz CT molecular complexity index is 373. The number of rotatable bonds is 4. The number of benzene rings is 1. The first kappa shape index (κ1) is 13.7. The topological polar surface area (TPSA) is 38.0 Å². The molecule has 0 atom stereocenters. The second-order valence-corrected chi connectivity index (χ2v) is 4.41. The van der Waals surface area contributed by atoms with E-state index >= 15 is 0 Å². The van der Waals surface area contributed by atoms with Gasteiger partial charge >= 0.3 is 6.18 Å². The lowest BCUT2D eigenvalue weighted by atomic mass is 10.1. The van der Waals surface area contributed by atoms with Gasteiger partial charge in [-0.3, -0.25) is 0 Å². The van der Waals surface area contributed by atoms with Crippen molar-refractivity contribution in [3.63, 3.8) is 0 Å². The van der Waals surface area contributed by atoms with Gasteiger partial charge in [0.2, 0.25) is 0 Å². The zero-order valence-electron chi connectivity index (χ0n) is 9.93. The van der Waals surface area contributed by atoms with Crippen LogP contribution in [0.3, 0.4) is 0 Å². The molecule has 0 bridgehead atoms. The highest BCUT2D eigenvalue weighted by Gasteiger charge is 2.33. The molecule has 3 N–H and O–H groups in total. The lowest BCUT2D eigenvalue weighted by Crippen LogP contribution is -2.13. The number of hydrogen-bond donors (Lipinski definition) is 2. The molecular formula is C12H17F3N2. The molecular weight excluding hydrogens is 229 g/mol. The maximum Gasteiger partial charge on any atom is 0.418 e. The Labute approximate surface area is 99.0 Å². The highest BCUT2D eigenvalue weighted by Crippen LogP contribution is 2.36. The van der Waals surface area contributed by atoms with E-state index in [-0.39, 0.29) is 11.4 Å². The summed E-state index contributed by atoms with van der Waals surface area (Å²) in [7, 11) is 0. The van der Waals surface area contributed by atoms with Gasteiger partial charge in [-0.2, -0.15) is 13.2 Å². The summed E-state index contributed by atoms with van der Waals surface area (Å²) < 4.78 is 38.2. The van der Waals surface area contributed by atoms with Crippen LogP contribution < -0.4 is 11.1 Å². The molecule has 0 unspecified atom stereocenters. The van der Waals surface area contributed by atoms with E-state index in [1.807, 2.05) is 13.8 Å². The van der Waals surface area contributed by atoms with Crippen LogP contribution in [0.2, 0.25) is 0 Å². The smallest absolute Gasteiger partial charge is 0.399 e. The summed E-state index contributed by atoms with van der Waals surface area (Å²) in [6.45, 7) is 4.56. The van der Waals surface area contributed by atoms with Crippen molar-refractivity contribution in [2.24, 2.45) is 5.92 Å². The monoisotopic (exact) mass is 246 g/mol. The fraction of sp³-hybridized carbons (Fsp3) is 0.500. The number of nitrogens with two attached hydrogens (primary N) is 1. The average Bonchev–Trinajstić information content (AvgIpc) is 2.18. The third-order valence-corrected chi connectivity index (χ3v) is 2.39. The molecule has 1 aromatic carbocycles. The normalized spacial score (nSPS) is 11.9. The second-order valence-electron chi connectivity index (χ2n) is 4.41. The lowest BCUT2D eigenvalue weighted by molar-refractivity contribution is -0.136. The summed E-state index contributed by atoms with van der Waals surface area (Å²) in [5.41, 5.74) is 4.87. The second kappa shape index (κ2) is 5.29. The molecule has 0 fully saturated rings. The summed E-state index contributed by atoms with van der Waals surface area (Å²) in [5.74, 6) is 0.450. The van der Waals surface area contributed by atoms with E-state index < -0.39 is 11.7 Å².